The first-order valence-electron chi connectivity index (χ1n) is 6.82. The van der Waals surface area contributed by atoms with Gasteiger partial charge in [-0.1, -0.05) is 0 Å². The molecule has 1 unspecified atom stereocenters. The molecule has 5 heteroatoms. The summed E-state index contributed by atoms with van der Waals surface area (Å²) in [5.41, 5.74) is 8.05. The molecular formula is C15H23N3O2. The minimum Gasteiger partial charge on any atom is -0.328 e. The van der Waals surface area contributed by atoms with Gasteiger partial charge in [0.2, 0.25) is 11.8 Å². The first-order chi connectivity index (χ1) is 9.38. The third-order valence-electron chi connectivity index (χ3n) is 2.88. The van der Waals surface area contributed by atoms with E-state index in [4.69, 9.17) is 5.73 Å². The van der Waals surface area contributed by atoms with Gasteiger partial charge in [0.25, 0.3) is 0 Å². The third-order valence-corrected chi connectivity index (χ3v) is 2.88. The van der Waals surface area contributed by atoms with E-state index in [9.17, 15) is 9.59 Å². The second-order valence-electron chi connectivity index (χ2n) is 5.13. The number of nitrogens with two attached hydrogens (primary N) is 1. The fourth-order valence-corrected chi connectivity index (χ4v) is 1.88. The van der Waals surface area contributed by atoms with Crippen molar-refractivity contribution in [1.82, 2.24) is 0 Å². The highest BCUT2D eigenvalue weighted by Crippen LogP contribution is 2.20. The van der Waals surface area contributed by atoms with Crippen molar-refractivity contribution in [1.29, 1.82) is 0 Å². The largest absolute Gasteiger partial charge is 0.328 e. The monoisotopic (exact) mass is 277 g/mol. The highest BCUT2D eigenvalue weighted by atomic mass is 16.2. The lowest BCUT2D eigenvalue weighted by Gasteiger charge is -2.10. The lowest BCUT2D eigenvalue weighted by atomic mass is 10.1. The van der Waals surface area contributed by atoms with Gasteiger partial charge in [0, 0.05) is 30.8 Å². The summed E-state index contributed by atoms with van der Waals surface area (Å²) >= 11 is 0. The number of aryl methyl sites for hydroxylation is 1. The molecule has 0 radical (unpaired) electrons. The Bertz CT molecular complexity index is 484. The maximum absolute atomic E-state index is 11.7. The number of rotatable bonds is 6. The van der Waals surface area contributed by atoms with E-state index in [0.29, 0.717) is 6.42 Å². The summed E-state index contributed by atoms with van der Waals surface area (Å²) in [6.07, 6.45) is 2.09. The zero-order valence-corrected chi connectivity index (χ0v) is 12.3. The highest BCUT2D eigenvalue weighted by Gasteiger charge is 2.06. The van der Waals surface area contributed by atoms with Crippen LogP contribution in [0.4, 0.5) is 11.4 Å². The highest BCUT2D eigenvalue weighted by molar-refractivity contribution is 5.92. The van der Waals surface area contributed by atoms with Crippen LogP contribution in [0.15, 0.2) is 18.2 Å². The molecule has 0 aliphatic heterocycles. The van der Waals surface area contributed by atoms with Crippen LogP contribution in [0.5, 0.6) is 0 Å². The molecule has 0 heterocycles. The van der Waals surface area contributed by atoms with E-state index in [1.54, 1.807) is 12.1 Å². The Morgan fingerprint density at radius 3 is 2.55 bits per heavy atom. The summed E-state index contributed by atoms with van der Waals surface area (Å²) in [5, 5.41) is 5.58. The average Bonchev–Trinajstić information content (AvgIpc) is 2.31. The molecule has 4 N–H and O–H groups in total. The van der Waals surface area contributed by atoms with Gasteiger partial charge in [-0.15, -0.1) is 0 Å². The number of anilines is 2. The molecule has 2 amide bonds. The van der Waals surface area contributed by atoms with Gasteiger partial charge in [0.05, 0.1) is 0 Å². The number of nitrogens with one attached hydrogen (secondary N) is 2. The van der Waals surface area contributed by atoms with Gasteiger partial charge in [0.15, 0.2) is 0 Å². The molecule has 20 heavy (non-hydrogen) atoms. The van der Waals surface area contributed by atoms with Crippen LogP contribution in [-0.2, 0) is 9.59 Å². The first-order valence-corrected chi connectivity index (χ1v) is 6.82. The van der Waals surface area contributed by atoms with E-state index in [1.807, 2.05) is 19.9 Å². The lowest BCUT2D eigenvalue weighted by molar-refractivity contribution is -0.116. The SMILES string of the molecule is CC(=O)Nc1ccc(NC(=O)CCCC(C)N)cc1C. The van der Waals surface area contributed by atoms with E-state index in [2.05, 4.69) is 10.6 Å². The molecule has 1 rings (SSSR count). The summed E-state index contributed by atoms with van der Waals surface area (Å²) in [7, 11) is 0. The number of benzene rings is 1. The average molecular weight is 277 g/mol. The minimum absolute atomic E-state index is 0.0164. The lowest BCUT2D eigenvalue weighted by Crippen LogP contribution is -2.17. The Kier molecular flexibility index (Phi) is 6.18. The van der Waals surface area contributed by atoms with Gasteiger partial charge in [-0.3, -0.25) is 9.59 Å². The molecule has 0 aromatic heterocycles. The molecule has 1 atom stereocenters. The first kappa shape index (κ1) is 16.2. The minimum atomic E-state index is -0.110. The van der Waals surface area contributed by atoms with E-state index in [-0.39, 0.29) is 17.9 Å². The topological polar surface area (TPSA) is 84.2 Å². The predicted molar refractivity (Wildman–Crippen MR) is 81.6 cm³/mol. The third kappa shape index (κ3) is 5.84. The number of hydrogen-bond acceptors (Lipinski definition) is 3. The van der Waals surface area contributed by atoms with Crippen molar-refractivity contribution in [2.75, 3.05) is 10.6 Å². The van der Waals surface area contributed by atoms with Crippen molar-refractivity contribution in [3.8, 4) is 0 Å². The van der Waals surface area contributed by atoms with Gasteiger partial charge in [0.1, 0.15) is 0 Å². The standard InChI is InChI=1S/C15H23N3O2/c1-10-9-13(7-8-14(10)17-12(3)19)18-15(20)6-4-5-11(2)16/h7-9,11H,4-6,16H2,1-3H3,(H,17,19)(H,18,20). The molecule has 0 bridgehead atoms. The Morgan fingerprint density at radius 1 is 1.30 bits per heavy atom. The van der Waals surface area contributed by atoms with Crippen molar-refractivity contribution in [3.63, 3.8) is 0 Å². The molecule has 0 saturated carbocycles. The summed E-state index contributed by atoms with van der Waals surface area (Å²) in [5.74, 6) is -0.127. The predicted octanol–water partition coefficient (Wildman–Crippen LogP) is 2.41. The molecule has 0 aliphatic carbocycles. The molecule has 0 saturated heterocycles. The van der Waals surface area contributed by atoms with E-state index < -0.39 is 0 Å². The van der Waals surface area contributed by atoms with E-state index in [1.165, 1.54) is 6.92 Å². The van der Waals surface area contributed by atoms with E-state index in [0.717, 1.165) is 29.8 Å². The molecule has 0 aliphatic rings. The Hall–Kier alpha value is -1.88. The van der Waals surface area contributed by atoms with Gasteiger partial charge >= 0.3 is 0 Å². The zero-order chi connectivity index (χ0) is 15.1. The molecule has 1 aromatic rings. The smallest absolute Gasteiger partial charge is 0.224 e. The number of carbonyl (C=O) groups is 2. The van der Waals surface area contributed by atoms with Gasteiger partial charge in [-0.2, -0.15) is 0 Å². The van der Waals surface area contributed by atoms with Crippen LogP contribution >= 0.6 is 0 Å². The Balaban J connectivity index is 2.54. The fourth-order valence-electron chi connectivity index (χ4n) is 1.88. The van der Waals surface area contributed by atoms with Crippen LogP contribution < -0.4 is 16.4 Å². The summed E-state index contributed by atoms with van der Waals surface area (Å²) in [6, 6.07) is 5.53. The van der Waals surface area contributed by atoms with Crippen LogP contribution in [0.2, 0.25) is 0 Å². The number of amides is 2. The van der Waals surface area contributed by atoms with Gasteiger partial charge in [-0.25, -0.2) is 0 Å². The normalized spacial score (nSPS) is 11.8. The van der Waals surface area contributed by atoms with Crippen molar-refractivity contribution in [2.24, 2.45) is 5.73 Å². The van der Waals surface area contributed by atoms with Crippen LogP contribution in [0.1, 0.15) is 38.7 Å². The van der Waals surface area contributed by atoms with Crippen LogP contribution in [-0.4, -0.2) is 17.9 Å². The molecule has 110 valence electrons. The second-order valence-corrected chi connectivity index (χ2v) is 5.13. The summed E-state index contributed by atoms with van der Waals surface area (Å²) in [4.78, 5) is 22.8. The molecule has 0 spiro atoms. The molecular weight excluding hydrogens is 254 g/mol. The second kappa shape index (κ2) is 7.65. The summed E-state index contributed by atoms with van der Waals surface area (Å²) in [6.45, 7) is 5.28. The number of hydrogen-bond donors (Lipinski definition) is 3. The number of carbonyl (C=O) groups excluding carboxylic acids is 2. The zero-order valence-electron chi connectivity index (χ0n) is 12.3. The van der Waals surface area contributed by atoms with Gasteiger partial charge < -0.3 is 16.4 Å². The maximum Gasteiger partial charge on any atom is 0.224 e. The molecule has 5 nitrogen and oxygen atoms in total. The van der Waals surface area contributed by atoms with Crippen molar-refractivity contribution >= 4 is 23.2 Å². The Labute approximate surface area is 119 Å². The molecule has 1 aromatic carbocycles. The maximum atomic E-state index is 11.7. The van der Waals surface area contributed by atoms with Crippen LogP contribution in [0, 0.1) is 6.92 Å². The van der Waals surface area contributed by atoms with Crippen molar-refractivity contribution < 1.29 is 9.59 Å². The van der Waals surface area contributed by atoms with Crippen molar-refractivity contribution in [3.05, 3.63) is 23.8 Å². The van der Waals surface area contributed by atoms with Crippen molar-refractivity contribution in [2.45, 2.75) is 46.1 Å². The molecule has 0 fully saturated rings. The van der Waals surface area contributed by atoms with Crippen LogP contribution in [0.25, 0.3) is 0 Å². The van der Waals surface area contributed by atoms with E-state index >= 15 is 0 Å². The van der Waals surface area contributed by atoms with Crippen LogP contribution in [0.3, 0.4) is 0 Å². The quantitative estimate of drug-likeness (QED) is 0.746. The Morgan fingerprint density at radius 2 is 2.00 bits per heavy atom. The van der Waals surface area contributed by atoms with Gasteiger partial charge in [-0.05, 0) is 50.5 Å². The summed E-state index contributed by atoms with van der Waals surface area (Å²) < 4.78 is 0. The fraction of sp³-hybridized carbons (Fsp3) is 0.467.